The van der Waals surface area contributed by atoms with Crippen LogP contribution in [-0.4, -0.2) is 52.0 Å². The Morgan fingerprint density at radius 1 is 1.08 bits per heavy atom. The quantitative estimate of drug-likeness (QED) is 0.341. The van der Waals surface area contributed by atoms with Crippen molar-refractivity contribution in [2.75, 3.05) is 6.54 Å². The molecule has 0 bridgehead atoms. The van der Waals surface area contributed by atoms with Crippen molar-refractivity contribution in [3.63, 3.8) is 0 Å². The molecule has 0 spiro atoms. The summed E-state index contributed by atoms with van der Waals surface area (Å²) in [6, 6.07) is 12.5. The van der Waals surface area contributed by atoms with E-state index in [1.807, 2.05) is 30.3 Å². The van der Waals surface area contributed by atoms with Gasteiger partial charge in [0.2, 0.25) is 17.7 Å². The Balaban J connectivity index is 2.45. The van der Waals surface area contributed by atoms with Gasteiger partial charge in [-0.05, 0) is 32.4 Å². The van der Waals surface area contributed by atoms with Crippen molar-refractivity contribution in [1.29, 1.82) is 0 Å². The fraction of sp³-hybridized carbons (Fsp3) is 0.333. The van der Waals surface area contributed by atoms with Gasteiger partial charge in [0.05, 0.1) is 6.42 Å². The lowest BCUT2D eigenvalue weighted by molar-refractivity contribution is -0.142. The Bertz CT molecular complexity index is 1110. The number of phenols is 1. The third-order valence-corrected chi connectivity index (χ3v) is 5.10. The summed E-state index contributed by atoms with van der Waals surface area (Å²) < 4.78 is 5.23. The van der Waals surface area contributed by atoms with Gasteiger partial charge in [-0.2, -0.15) is 0 Å². The van der Waals surface area contributed by atoms with Crippen molar-refractivity contribution in [3.05, 3.63) is 78.4 Å². The highest BCUT2D eigenvalue weighted by Gasteiger charge is 2.37. The van der Waals surface area contributed by atoms with E-state index in [0.29, 0.717) is 0 Å². The molecule has 2 aromatic carbocycles. The molecule has 0 saturated heterocycles. The summed E-state index contributed by atoms with van der Waals surface area (Å²) in [5.74, 6) is -2.43. The predicted molar refractivity (Wildman–Crippen MR) is 138 cm³/mol. The number of rotatable bonds is 11. The van der Waals surface area contributed by atoms with Gasteiger partial charge in [0.15, 0.2) is 0 Å². The van der Waals surface area contributed by atoms with E-state index in [0.717, 1.165) is 10.5 Å². The molecule has 0 fully saturated rings. The number of para-hydroxylation sites is 1. The van der Waals surface area contributed by atoms with Crippen molar-refractivity contribution in [3.8, 4) is 5.75 Å². The molecule has 10 heteroatoms. The molecule has 37 heavy (non-hydrogen) atoms. The summed E-state index contributed by atoms with van der Waals surface area (Å²) >= 11 is 0. The van der Waals surface area contributed by atoms with Crippen LogP contribution in [0, 0.1) is 0 Å². The number of primary amides is 1. The van der Waals surface area contributed by atoms with Crippen LogP contribution in [0.1, 0.15) is 44.4 Å². The number of hydrogen-bond acceptors (Lipinski definition) is 6. The van der Waals surface area contributed by atoms with E-state index < -0.39 is 47.9 Å². The van der Waals surface area contributed by atoms with E-state index in [1.54, 1.807) is 32.9 Å². The minimum atomic E-state index is -1.43. The van der Waals surface area contributed by atoms with E-state index in [4.69, 9.17) is 10.5 Å². The number of aromatic hydroxyl groups is 1. The molecule has 10 nitrogen and oxygen atoms in total. The maximum Gasteiger partial charge on any atom is 0.408 e. The smallest absolute Gasteiger partial charge is 0.408 e. The number of hydrogen-bond donors (Lipinski definition) is 4. The number of nitrogens with two attached hydrogens (primary N) is 1. The molecular formula is C27H34N4O6. The molecule has 5 N–H and O–H groups in total. The number of benzene rings is 2. The SMILES string of the molecule is C=CCN(C(=O)C(CC(N)=O)NC(=O)OC(C)(C)C)C(C(=O)NCc1ccccc1)c1ccccc1O. The second-order valence-electron chi connectivity index (χ2n) is 9.31. The van der Waals surface area contributed by atoms with Crippen molar-refractivity contribution < 1.29 is 29.0 Å². The van der Waals surface area contributed by atoms with Gasteiger partial charge < -0.3 is 31.1 Å². The third-order valence-electron chi connectivity index (χ3n) is 5.10. The van der Waals surface area contributed by atoms with Crippen LogP contribution < -0.4 is 16.4 Å². The van der Waals surface area contributed by atoms with Crippen molar-refractivity contribution in [1.82, 2.24) is 15.5 Å². The van der Waals surface area contributed by atoms with E-state index >= 15 is 0 Å². The normalized spacial score (nSPS) is 12.5. The summed E-state index contributed by atoms with van der Waals surface area (Å²) in [7, 11) is 0. The third kappa shape index (κ3) is 8.99. The fourth-order valence-corrected chi connectivity index (χ4v) is 3.56. The highest BCUT2D eigenvalue weighted by molar-refractivity contribution is 5.94. The maximum atomic E-state index is 13.7. The molecule has 0 radical (unpaired) electrons. The first-order valence-corrected chi connectivity index (χ1v) is 11.7. The van der Waals surface area contributed by atoms with Gasteiger partial charge >= 0.3 is 6.09 Å². The molecule has 2 atom stereocenters. The molecule has 0 aliphatic carbocycles. The summed E-state index contributed by atoms with van der Waals surface area (Å²) in [6.07, 6.45) is -0.0760. The molecule has 0 saturated carbocycles. The molecule has 198 valence electrons. The average Bonchev–Trinajstić information content (AvgIpc) is 2.82. The number of carbonyl (C=O) groups excluding carboxylic acids is 4. The summed E-state index contributed by atoms with van der Waals surface area (Å²) in [5, 5.41) is 15.7. The van der Waals surface area contributed by atoms with Crippen LogP contribution in [0.3, 0.4) is 0 Å². The average molecular weight is 511 g/mol. The molecule has 2 aromatic rings. The summed E-state index contributed by atoms with van der Waals surface area (Å²) in [4.78, 5) is 52.5. The zero-order valence-electron chi connectivity index (χ0n) is 21.3. The second-order valence-corrected chi connectivity index (χ2v) is 9.31. The lowest BCUT2D eigenvalue weighted by Gasteiger charge is -2.33. The number of nitrogens with one attached hydrogen (secondary N) is 2. The Kier molecular flexibility index (Phi) is 10.2. The van der Waals surface area contributed by atoms with E-state index in [2.05, 4.69) is 17.2 Å². The Morgan fingerprint density at radius 3 is 2.27 bits per heavy atom. The zero-order valence-corrected chi connectivity index (χ0v) is 21.3. The first-order chi connectivity index (χ1) is 17.4. The van der Waals surface area contributed by atoms with Gasteiger partial charge in [0, 0.05) is 18.7 Å². The minimum absolute atomic E-state index is 0.137. The van der Waals surface area contributed by atoms with Gasteiger partial charge in [-0.1, -0.05) is 54.6 Å². The van der Waals surface area contributed by atoms with Crippen LogP contribution in [0.25, 0.3) is 0 Å². The summed E-state index contributed by atoms with van der Waals surface area (Å²) in [6.45, 7) is 8.64. The van der Waals surface area contributed by atoms with Crippen LogP contribution in [0.5, 0.6) is 5.75 Å². The highest BCUT2D eigenvalue weighted by atomic mass is 16.6. The van der Waals surface area contributed by atoms with Crippen molar-refractivity contribution >= 4 is 23.8 Å². The monoisotopic (exact) mass is 510 g/mol. The number of nitrogens with zero attached hydrogens (tertiary/aromatic N) is 1. The number of amides is 4. The molecule has 0 aromatic heterocycles. The second kappa shape index (κ2) is 13.1. The first-order valence-electron chi connectivity index (χ1n) is 11.7. The van der Waals surface area contributed by atoms with E-state index in [1.165, 1.54) is 18.2 Å². The largest absolute Gasteiger partial charge is 0.508 e. The minimum Gasteiger partial charge on any atom is -0.508 e. The number of alkyl carbamates (subject to hydrolysis) is 1. The van der Waals surface area contributed by atoms with Gasteiger partial charge in [-0.15, -0.1) is 6.58 Å². The molecule has 0 aliphatic heterocycles. The Hall–Kier alpha value is -4.34. The Morgan fingerprint density at radius 2 is 1.70 bits per heavy atom. The van der Waals surface area contributed by atoms with Crippen molar-refractivity contribution in [2.24, 2.45) is 5.73 Å². The molecular weight excluding hydrogens is 476 g/mol. The zero-order chi connectivity index (χ0) is 27.6. The molecule has 4 amide bonds. The van der Waals surface area contributed by atoms with E-state index in [9.17, 15) is 24.3 Å². The van der Waals surface area contributed by atoms with E-state index in [-0.39, 0.29) is 24.4 Å². The Labute approximate surface area is 216 Å². The van der Waals surface area contributed by atoms with Crippen LogP contribution in [0.15, 0.2) is 67.3 Å². The number of ether oxygens (including phenoxy) is 1. The fourth-order valence-electron chi connectivity index (χ4n) is 3.56. The molecule has 0 heterocycles. The topological polar surface area (TPSA) is 151 Å². The maximum absolute atomic E-state index is 13.7. The number of phenolic OH excluding ortho intramolecular Hbond substituents is 1. The first kappa shape index (κ1) is 28.9. The predicted octanol–water partition coefficient (Wildman–Crippen LogP) is 2.53. The number of carbonyl (C=O) groups is 4. The summed E-state index contributed by atoms with van der Waals surface area (Å²) in [5.41, 5.74) is 5.47. The lowest BCUT2D eigenvalue weighted by atomic mass is 10.0. The standard InChI is InChI=1S/C27H34N4O6/c1-5-15-31(25(35)20(16-22(28)33)30-26(36)37-27(2,3)4)23(19-13-9-10-14-21(19)32)24(34)29-17-18-11-7-6-8-12-18/h5-14,20,23,32H,1,15-17H2,2-4H3,(H2,28,33)(H,29,34)(H,30,36). The van der Waals surface area contributed by atoms with Crippen molar-refractivity contribution in [2.45, 2.75) is 51.4 Å². The highest BCUT2D eigenvalue weighted by Crippen LogP contribution is 2.30. The molecule has 0 aliphatic rings. The van der Waals surface area contributed by atoms with Crippen LogP contribution in [0.2, 0.25) is 0 Å². The van der Waals surface area contributed by atoms with Gasteiger partial charge in [0.1, 0.15) is 23.4 Å². The molecule has 2 rings (SSSR count). The molecule has 2 unspecified atom stereocenters. The van der Waals surface area contributed by atoms with Crippen LogP contribution in [0.4, 0.5) is 4.79 Å². The van der Waals surface area contributed by atoms with Gasteiger partial charge in [0.25, 0.3) is 0 Å². The lowest BCUT2D eigenvalue weighted by Crippen LogP contribution is -2.54. The van der Waals surface area contributed by atoms with Crippen LogP contribution >= 0.6 is 0 Å². The van der Waals surface area contributed by atoms with Gasteiger partial charge in [-0.3, -0.25) is 14.4 Å². The van der Waals surface area contributed by atoms with Gasteiger partial charge in [-0.25, -0.2) is 4.79 Å². The van der Waals surface area contributed by atoms with Crippen LogP contribution in [-0.2, 0) is 25.7 Å².